The lowest BCUT2D eigenvalue weighted by atomic mass is 10.2. The van der Waals surface area contributed by atoms with Crippen molar-refractivity contribution < 1.29 is 0 Å². The van der Waals surface area contributed by atoms with Gasteiger partial charge in [-0.1, -0.05) is 17.7 Å². The number of hydrogen-bond acceptors (Lipinski definition) is 2. The van der Waals surface area contributed by atoms with E-state index in [1.54, 1.807) is 6.33 Å². The fourth-order valence-corrected chi connectivity index (χ4v) is 1.24. The molecule has 3 heteroatoms. The summed E-state index contributed by atoms with van der Waals surface area (Å²) in [5.41, 5.74) is 2.31. The maximum atomic E-state index is 4.12. The van der Waals surface area contributed by atoms with Crippen molar-refractivity contribution in [3.8, 4) is 5.69 Å². The molecule has 0 fully saturated rings. The van der Waals surface area contributed by atoms with Crippen LogP contribution in [0.25, 0.3) is 5.69 Å². The van der Waals surface area contributed by atoms with Crippen LogP contribution in [0.2, 0.25) is 0 Å². The predicted octanol–water partition coefficient (Wildman–Crippen LogP) is 1.88. The lowest BCUT2D eigenvalue weighted by Gasteiger charge is -2.02. The smallest absolute Gasteiger partial charge is 0.138 e. The number of aromatic nitrogens is 3. The highest BCUT2D eigenvalue weighted by Crippen LogP contribution is 2.08. The Morgan fingerprint density at radius 1 is 1.08 bits per heavy atom. The molecule has 0 atom stereocenters. The van der Waals surface area contributed by atoms with Crippen molar-refractivity contribution in [3.63, 3.8) is 0 Å². The van der Waals surface area contributed by atoms with Gasteiger partial charge < -0.3 is 0 Å². The van der Waals surface area contributed by atoms with Gasteiger partial charge in [0, 0.05) is 0 Å². The van der Waals surface area contributed by atoms with Crippen molar-refractivity contribution in [2.75, 3.05) is 0 Å². The lowest BCUT2D eigenvalue weighted by Crippen LogP contribution is -1.98. The first-order valence-electron chi connectivity index (χ1n) is 4.21. The van der Waals surface area contributed by atoms with E-state index < -0.39 is 0 Å². The summed E-state index contributed by atoms with van der Waals surface area (Å²) in [6.07, 6.45) is 1.56. The summed E-state index contributed by atoms with van der Waals surface area (Å²) in [4.78, 5) is 4.07. The molecule has 2 aromatic rings. The molecule has 2 rings (SSSR count). The van der Waals surface area contributed by atoms with Crippen LogP contribution in [0.1, 0.15) is 11.4 Å². The average molecular weight is 173 g/mol. The predicted molar refractivity (Wildman–Crippen MR) is 50.8 cm³/mol. The van der Waals surface area contributed by atoms with Crippen LogP contribution in [0.4, 0.5) is 0 Å². The molecule has 66 valence electrons. The van der Waals surface area contributed by atoms with Crippen LogP contribution >= 0.6 is 0 Å². The van der Waals surface area contributed by atoms with Gasteiger partial charge in [0.05, 0.1) is 5.69 Å². The molecule has 0 saturated carbocycles. The Morgan fingerprint density at radius 2 is 1.77 bits per heavy atom. The topological polar surface area (TPSA) is 30.7 Å². The first kappa shape index (κ1) is 7.98. The number of benzene rings is 1. The van der Waals surface area contributed by atoms with Crippen LogP contribution in [0.3, 0.4) is 0 Å². The molecule has 0 bridgehead atoms. The molecular formula is C10H11N3. The molecular weight excluding hydrogens is 162 g/mol. The standard InChI is InChI=1S/C10H11N3/c1-8-3-5-10(6-4-8)13-9(2)11-7-12-13/h3-7H,1-2H3. The Hall–Kier alpha value is -1.64. The maximum Gasteiger partial charge on any atom is 0.138 e. The van der Waals surface area contributed by atoms with Crippen LogP contribution < -0.4 is 0 Å². The van der Waals surface area contributed by atoms with Crippen LogP contribution in [-0.2, 0) is 0 Å². The highest BCUT2D eigenvalue weighted by molar-refractivity contribution is 5.33. The van der Waals surface area contributed by atoms with Crippen molar-refractivity contribution in [1.29, 1.82) is 0 Å². The second-order valence-corrected chi connectivity index (χ2v) is 3.05. The first-order valence-corrected chi connectivity index (χ1v) is 4.21. The zero-order valence-electron chi connectivity index (χ0n) is 7.73. The Kier molecular flexibility index (Phi) is 1.85. The Morgan fingerprint density at radius 3 is 2.31 bits per heavy atom. The van der Waals surface area contributed by atoms with E-state index in [4.69, 9.17) is 0 Å². The number of rotatable bonds is 1. The molecule has 0 saturated heterocycles. The minimum atomic E-state index is 0.906. The SMILES string of the molecule is Cc1ccc(-n2ncnc2C)cc1. The lowest BCUT2D eigenvalue weighted by molar-refractivity contribution is 0.840. The highest BCUT2D eigenvalue weighted by atomic mass is 15.3. The number of aryl methyl sites for hydroxylation is 2. The van der Waals surface area contributed by atoms with E-state index in [1.165, 1.54) is 5.56 Å². The molecule has 0 radical (unpaired) electrons. The summed E-state index contributed by atoms with van der Waals surface area (Å²) in [5.74, 6) is 0.906. The Labute approximate surface area is 77.0 Å². The number of hydrogen-bond donors (Lipinski definition) is 0. The third-order valence-corrected chi connectivity index (χ3v) is 2.00. The summed E-state index contributed by atoms with van der Waals surface area (Å²) >= 11 is 0. The van der Waals surface area contributed by atoms with Gasteiger partial charge in [-0.2, -0.15) is 5.10 Å². The fraction of sp³-hybridized carbons (Fsp3) is 0.200. The highest BCUT2D eigenvalue weighted by Gasteiger charge is 1.99. The van der Waals surface area contributed by atoms with E-state index in [9.17, 15) is 0 Å². The number of nitrogens with zero attached hydrogens (tertiary/aromatic N) is 3. The summed E-state index contributed by atoms with van der Waals surface area (Å²) in [7, 11) is 0. The zero-order valence-corrected chi connectivity index (χ0v) is 7.73. The zero-order chi connectivity index (χ0) is 9.26. The van der Waals surface area contributed by atoms with Gasteiger partial charge in [0.25, 0.3) is 0 Å². The van der Waals surface area contributed by atoms with E-state index in [0.29, 0.717) is 0 Å². The van der Waals surface area contributed by atoms with E-state index in [0.717, 1.165) is 11.5 Å². The molecule has 1 heterocycles. The van der Waals surface area contributed by atoms with Crippen LogP contribution in [-0.4, -0.2) is 14.8 Å². The fourth-order valence-electron chi connectivity index (χ4n) is 1.24. The second-order valence-electron chi connectivity index (χ2n) is 3.05. The molecule has 0 aliphatic rings. The van der Waals surface area contributed by atoms with Gasteiger partial charge in [-0.05, 0) is 26.0 Å². The quantitative estimate of drug-likeness (QED) is 0.659. The van der Waals surface area contributed by atoms with E-state index in [2.05, 4.69) is 29.1 Å². The van der Waals surface area contributed by atoms with Crippen molar-refractivity contribution >= 4 is 0 Å². The molecule has 0 spiro atoms. The minimum absolute atomic E-state index is 0.906. The van der Waals surface area contributed by atoms with Gasteiger partial charge in [0.2, 0.25) is 0 Å². The summed E-state index contributed by atoms with van der Waals surface area (Å²) in [6, 6.07) is 8.21. The van der Waals surface area contributed by atoms with Gasteiger partial charge in [-0.3, -0.25) is 0 Å². The third-order valence-electron chi connectivity index (χ3n) is 2.00. The van der Waals surface area contributed by atoms with Crippen LogP contribution in [0.5, 0.6) is 0 Å². The Bertz CT molecular complexity index is 400. The molecule has 0 aliphatic heterocycles. The van der Waals surface area contributed by atoms with E-state index in [-0.39, 0.29) is 0 Å². The summed E-state index contributed by atoms with van der Waals surface area (Å²) in [5, 5.41) is 4.12. The Balaban J connectivity index is 2.47. The molecule has 3 nitrogen and oxygen atoms in total. The summed E-state index contributed by atoms with van der Waals surface area (Å²) in [6.45, 7) is 4.00. The van der Waals surface area contributed by atoms with Gasteiger partial charge in [-0.25, -0.2) is 9.67 Å². The van der Waals surface area contributed by atoms with Crippen molar-refractivity contribution in [2.24, 2.45) is 0 Å². The second kappa shape index (κ2) is 3.01. The molecule has 0 N–H and O–H groups in total. The molecule has 0 unspecified atom stereocenters. The molecule has 1 aromatic heterocycles. The maximum absolute atomic E-state index is 4.12. The minimum Gasteiger partial charge on any atom is -0.220 e. The monoisotopic (exact) mass is 173 g/mol. The third kappa shape index (κ3) is 1.45. The van der Waals surface area contributed by atoms with E-state index >= 15 is 0 Å². The van der Waals surface area contributed by atoms with Gasteiger partial charge >= 0.3 is 0 Å². The first-order chi connectivity index (χ1) is 6.27. The molecule has 13 heavy (non-hydrogen) atoms. The molecule has 0 amide bonds. The van der Waals surface area contributed by atoms with Crippen molar-refractivity contribution in [1.82, 2.24) is 14.8 Å². The largest absolute Gasteiger partial charge is 0.220 e. The van der Waals surface area contributed by atoms with Gasteiger partial charge in [0.15, 0.2) is 0 Å². The van der Waals surface area contributed by atoms with Crippen molar-refractivity contribution in [3.05, 3.63) is 42.0 Å². The van der Waals surface area contributed by atoms with Gasteiger partial charge in [0.1, 0.15) is 12.2 Å². The van der Waals surface area contributed by atoms with E-state index in [1.807, 2.05) is 23.7 Å². The molecule has 1 aromatic carbocycles. The van der Waals surface area contributed by atoms with Crippen LogP contribution in [0.15, 0.2) is 30.6 Å². The molecule has 0 aliphatic carbocycles. The summed E-state index contributed by atoms with van der Waals surface area (Å²) < 4.78 is 1.82. The van der Waals surface area contributed by atoms with Gasteiger partial charge in [-0.15, -0.1) is 0 Å². The van der Waals surface area contributed by atoms with Crippen LogP contribution in [0, 0.1) is 13.8 Å². The normalized spacial score (nSPS) is 10.3. The average Bonchev–Trinajstić information content (AvgIpc) is 2.53. The van der Waals surface area contributed by atoms with Crippen molar-refractivity contribution in [2.45, 2.75) is 13.8 Å².